The van der Waals surface area contributed by atoms with E-state index >= 15 is 0 Å². The smallest absolute Gasteiger partial charge is 0.261 e. The lowest BCUT2D eigenvalue weighted by Gasteiger charge is -2.10. The minimum Gasteiger partial charge on any atom is -0.278 e. The number of sulfonamides is 1. The van der Waals surface area contributed by atoms with Crippen LogP contribution in [0, 0.1) is 25.2 Å². The molecule has 0 unspecified atom stereocenters. The lowest BCUT2D eigenvalue weighted by atomic mass is 10.1. The molecule has 0 saturated carbocycles. The summed E-state index contributed by atoms with van der Waals surface area (Å²) in [5.74, 6) is 0. The molecule has 0 amide bonds. The zero-order valence-electron chi connectivity index (χ0n) is 11.2. The Bertz CT molecular complexity index is 790. The van der Waals surface area contributed by atoms with Crippen molar-refractivity contribution in [2.24, 2.45) is 0 Å². The van der Waals surface area contributed by atoms with Crippen molar-refractivity contribution in [3.05, 3.63) is 59.2 Å². The lowest BCUT2D eigenvalue weighted by Crippen LogP contribution is -2.14. The first-order valence-corrected chi connectivity index (χ1v) is 7.51. The molecule has 0 atom stereocenters. The maximum absolute atomic E-state index is 12.3. The van der Waals surface area contributed by atoms with Gasteiger partial charge in [-0.05, 0) is 49.2 Å². The molecule has 0 heterocycles. The van der Waals surface area contributed by atoms with Gasteiger partial charge in [-0.25, -0.2) is 8.42 Å². The summed E-state index contributed by atoms with van der Waals surface area (Å²) in [4.78, 5) is 0.188. The van der Waals surface area contributed by atoms with Gasteiger partial charge in [0.1, 0.15) is 6.07 Å². The number of para-hydroxylation sites is 1. The van der Waals surface area contributed by atoms with Gasteiger partial charge in [0.05, 0.1) is 16.1 Å². The summed E-state index contributed by atoms with van der Waals surface area (Å²) in [5.41, 5.74) is 2.51. The Morgan fingerprint density at radius 3 is 2.40 bits per heavy atom. The van der Waals surface area contributed by atoms with E-state index in [1.165, 1.54) is 0 Å². The minimum atomic E-state index is -3.69. The number of nitrogens with zero attached hydrogens (tertiary/aromatic N) is 1. The lowest BCUT2D eigenvalue weighted by molar-refractivity contribution is 0.601. The van der Waals surface area contributed by atoms with Gasteiger partial charge < -0.3 is 0 Å². The second-order valence-corrected chi connectivity index (χ2v) is 6.19. The molecule has 2 aromatic rings. The van der Waals surface area contributed by atoms with Crippen molar-refractivity contribution in [3.63, 3.8) is 0 Å². The van der Waals surface area contributed by atoms with Crippen molar-refractivity contribution in [2.75, 3.05) is 4.72 Å². The third-order valence-electron chi connectivity index (χ3n) is 3.08. The average Bonchev–Trinajstić information content (AvgIpc) is 2.42. The molecule has 20 heavy (non-hydrogen) atoms. The van der Waals surface area contributed by atoms with Gasteiger partial charge in [0, 0.05) is 0 Å². The van der Waals surface area contributed by atoms with Crippen molar-refractivity contribution in [1.29, 1.82) is 5.26 Å². The van der Waals surface area contributed by atoms with Crippen molar-refractivity contribution >= 4 is 15.7 Å². The molecule has 5 heteroatoms. The van der Waals surface area contributed by atoms with E-state index in [0.29, 0.717) is 5.56 Å². The van der Waals surface area contributed by atoms with Crippen LogP contribution in [-0.4, -0.2) is 8.42 Å². The van der Waals surface area contributed by atoms with E-state index in [-0.39, 0.29) is 10.6 Å². The molecular formula is C15H14N2O2S. The van der Waals surface area contributed by atoms with Gasteiger partial charge in [-0.15, -0.1) is 0 Å². The Labute approximate surface area is 118 Å². The number of hydrogen-bond acceptors (Lipinski definition) is 3. The Hall–Kier alpha value is -2.32. The van der Waals surface area contributed by atoms with Crippen LogP contribution in [-0.2, 0) is 10.0 Å². The van der Waals surface area contributed by atoms with Gasteiger partial charge in [-0.3, -0.25) is 4.72 Å². The second kappa shape index (κ2) is 5.35. The highest BCUT2D eigenvalue weighted by atomic mass is 32.2. The maximum Gasteiger partial charge on any atom is 0.261 e. The molecule has 0 aliphatic carbocycles. The molecule has 0 aliphatic heterocycles. The fourth-order valence-electron chi connectivity index (χ4n) is 1.75. The van der Waals surface area contributed by atoms with E-state index < -0.39 is 10.0 Å². The van der Waals surface area contributed by atoms with Crippen molar-refractivity contribution in [1.82, 2.24) is 0 Å². The van der Waals surface area contributed by atoms with E-state index in [1.807, 2.05) is 19.9 Å². The molecule has 0 saturated heterocycles. The summed E-state index contributed by atoms with van der Waals surface area (Å²) < 4.78 is 27.1. The Kier molecular flexibility index (Phi) is 3.77. The maximum atomic E-state index is 12.3. The number of nitrogens with one attached hydrogen (secondary N) is 1. The van der Waals surface area contributed by atoms with Gasteiger partial charge in [0.2, 0.25) is 0 Å². The third-order valence-corrected chi connectivity index (χ3v) is 4.44. The van der Waals surface area contributed by atoms with Gasteiger partial charge in [-0.1, -0.05) is 18.2 Å². The number of hydrogen-bond donors (Lipinski definition) is 1. The summed E-state index contributed by atoms with van der Waals surface area (Å²) in [5, 5.41) is 8.98. The predicted molar refractivity (Wildman–Crippen MR) is 77.9 cm³/mol. The highest BCUT2D eigenvalue weighted by Crippen LogP contribution is 2.21. The topological polar surface area (TPSA) is 70.0 Å². The van der Waals surface area contributed by atoms with Crippen LogP contribution in [0.5, 0.6) is 0 Å². The molecule has 0 spiro atoms. The summed E-state index contributed by atoms with van der Waals surface area (Å²) in [7, 11) is -3.69. The molecule has 1 N–H and O–H groups in total. The van der Waals surface area contributed by atoms with Crippen LogP contribution in [0.1, 0.15) is 16.7 Å². The van der Waals surface area contributed by atoms with Crippen LogP contribution in [0.25, 0.3) is 0 Å². The first-order valence-electron chi connectivity index (χ1n) is 6.03. The van der Waals surface area contributed by atoms with Crippen LogP contribution in [0.15, 0.2) is 47.4 Å². The van der Waals surface area contributed by atoms with Gasteiger partial charge in [0.15, 0.2) is 0 Å². The monoisotopic (exact) mass is 286 g/mol. The Morgan fingerprint density at radius 2 is 1.75 bits per heavy atom. The molecule has 0 aromatic heterocycles. The molecule has 0 aliphatic rings. The van der Waals surface area contributed by atoms with Crippen molar-refractivity contribution in [2.45, 2.75) is 18.7 Å². The third kappa shape index (κ3) is 2.81. The van der Waals surface area contributed by atoms with E-state index in [4.69, 9.17) is 5.26 Å². The SMILES string of the molecule is Cc1ccc(S(=O)(=O)Nc2ccccc2C#N)cc1C. The first kappa shape index (κ1) is 14.1. The summed E-state index contributed by atoms with van der Waals surface area (Å²) >= 11 is 0. The molecule has 2 aromatic carbocycles. The quantitative estimate of drug-likeness (QED) is 0.943. The second-order valence-electron chi connectivity index (χ2n) is 4.51. The number of aryl methyl sites for hydroxylation is 2. The van der Waals surface area contributed by atoms with E-state index in [9.17, 15) is 8.42 Å². The molecule has 0 bridgehead atoms. The molecule has 0 fully saturated rings. The summed E-state index contributed by atoms with van der Waals surface area (Å²) in [6.07, 6.45) is 0. The van der Waals surface area contributed by atoms with Crippen LogP contribution >= 0.6 is 0 Å². The number of anilines is 1. The van der Waals surface area contributed by atoms with Crippen LogP contribution in [0.2, 0.25) is 0 Å². The Morgan fingerprint density at radius 1 is 1.05 bits per heavy atom. The largest absolute Gasteiger partial charge is 0.278 e. The van der Waals surface area contributed by atoms with Crippen molar-refractivity contribution < 1.29 is 8.42 Å². The van der Waals surface area contributed by atoms with Gasteiger partial charge >= 0.3 is 0 Å². The van der Waals surface area contributed by atoms with Crippen LogP contribution in [0.3, 0.4) is 0 Å². The highest BCUT2D eigenvalue weighted by molar-refractivity contribution is 7.92. The summed E-state index contributed by atoms with van der Waals surface area (Å²) in [6, 6.07) is 13.4. The Balaban J connectivity index is 2.41. The average molecular weight is 286 g/mol. The fourth-order valence-corrected chi connectivity index (χ4v) is 2.92. The van der Waals surface area contributed by atoms with Gasteiger partial charge in [-0.2, -0.15) is 5.26 Å². The molecule has 4 nitrogen and oxygen atoms in total. The number of rotatable bonds is 3. The van der Waals surface area contributed by atoms with E-state index in [2.05, 4.69) is 4.72 Å². The number of benzene rings is 2. The van der Waals surface area contributed by atoms with Crippen LogP contribution < -0.4 is 4.72 Å². The standard InChI is InChI=1S/C15H14N2O2S/c1-11-7-8-14(9-12(11)2)20(18,19)17-15-6-4-3-5-13(15)10-16/h3-9,17H,1-2H3. The number of nitriles is 1. The molecule has 0 radical (unpaired) electrons. The first-order chi connectivity index (χ1) is 9.44. The van der Waals surface area contributed by atoms with E-state index in [1.54, 1.807) is 42.5 Å². The zero-order valence-corrected chi connectivity index (χ0v) is 12.0. The van der Waals surface area contributed by atoms with E-state index in [0.717, 1.165) is 11.1 Å². The summed E-state index contributed by atoms with van der Waals surface area (Å²) in [6.45, 7) is 3.78. The van der Waals surface area contributed by atoms with Crippen LogP contribution in [0.4, 0.5) is 5.69 Å². The van der Waals surface area contributed by atoms with Crippen molar-refractivity contribution in [3.8, 4) is 6.07 Å². The predicted octanol–water partition coefficient (Wildman–Crippen LogP) is 2.98. The minimum absolute atomic E-state index is 0.188. The zero-order chi connectivity index (χ0) is 14.8. The molecular weight excluding hydrogens is 272 g/mol. The normalized spacial score (nSPS) is 10.8. The molecule has 2 rings (SSSR count). The highest BCUT2D eigenvalue weighted by Gasteiger charge is 2.16. The fraction of sp³-hybridized carbons (Fsp3) is 0.133. The molecule has 102 valence electrons. The van der Waals surface area contributed by atoms with Gasteiger partial charge in [0.25, 0.3) is 10.0 Å².